The van der Waals surface area contributed by atoms with Crippen molar-refractivity contribution >= 4 is 23.4 Å². The minimum Gasteiger partial charge on any atom is -0.496 e. The number of para-hydroxylation sites is 1. The summed E-state index contributed by atoms with van der Waals surface area (Å²) in [5.74, 6) is -0.0187. The smallest absolute Gasteiger partial charge is 0.339 e. The van der Waals surface area contributed by atoms with E-state index in [0.717, 1.165) is 5.56 Å². The van der Waals surface area contributed by atoms with Gasteiger partial charge in [-0.25, -0.2) is 4.79 Å². The van der Waals surface area contributed by atoms with Gasteiger partial charge in [0.2, 0.25) is 0 Å². The Bertz CT molecular complexity index is 798. The molecule has 0 bridgehead atoms. The highest BCUT2D eigenvalue weighted by Crippen LogP contribution is 2.25. The number of methoxy groups -OCH3 is 1. The third-order valence-corrected chi connectivity index (χ3v) is 3.91. The quantitative estimate of drug-likeness (QED) is 0.439. The molecule has 0 N–H and O–H groups in total. The van der Waals surface area contributed by atoms with Crippen molar-refractivity contribution in [2.24, 2.45) is 5.41 Å². The van der Waals surface area contributed by atoms with E-state index < -0.39 is 11.4 Å². The van der Waals surface area contributed by atoms with Crippen LogP contribution in [0.1, 0.15) is 31.9 Å². The van der Waals surface area contributed by atoms with Crippen molar-refractivity contribution in [3.8, 4) is 5.75 Å². The van der Waals surface area contributed by atoms with E-state index in [2.05, 4.69) is 0 Å². The van der Waals surface area contributed by atoms with Crippen LogP contribution in [0.25, 0.3) is 11.6 Å². The Kier molecular flexibility index (Phi) is 6.34. The molecule has 0 heterocycles. The highest BCUT2D eigenvalue weighted by molar-refractivity contribution is 6.22. The largest absolute Gasteiger partial charge is 0.496 e. The van der Waals surface area contributed by atoms with Crippen LogP contribution in [0.15, 0.2) is 54.6 Å². The maximum Gasteiger partial charge on any atom is 0.339 e. The zero-order valence-corrected chi connectivity index (χ0v) is 15.6. The zero-order valence-electron chi connectivity index (χ0n) is 15.6. The number of hydrogen-bond acceptors (Lipinski definition) is 4. The first kappa shape index (κ1) is 19.4. The van der Waals surface area contributed by atoms with Crippen LogP contribution in [-0.2, 0) is 14.3 Å². The van der Waals surface area contributed by atoms with E-state index in [0.29, 0.717) is 16.9 Å². The minimum atomic E-state index is -0.556. The van der Waals surface area contributed by atoms with Gasteiger partial charge in [-0.3, -0.25) is 4.79 Å². The van der Waals surface area contributed by atoms with Crippen LogP contribution in [0.3, 0.4) is 0 Å². The predicted octanol–water partition coefficient (Wildman–Crippen LogP) is 4.39. The number of benzene rings is 2. The summed E-state index contributed by atoms with van der Waals surface area (Å²) < 4.78 is 10.6. The molecule has 0 aliphatic rings. The van der Waals surface area contributed by atoms with Crippen molar-refractivity contribution in [3.05, 3.63) is 65.7 Å². The fourth-order valence-corrected chi connectivity index (χ4v) is 2.24. The van der Waals surface area contributed by atoms with Gasteiger partial charge in [0, 0.05) is 11.0 Å². The van der Waals surface area contributed by atoms with Gasteiger partial charge in [0.15, 0.2) is 12.4 Å². The molecule has 0 saturated heterocycles. The molecule has 0 saturated carbocycles. The number of rotatable bonds is 6. The summed E-state index contributed by atoms with van der Waals surface area (Å²) in [4.78, 5) is 24.8. The van der Waals surface area contributed by atoms with Crippen LogP contribution in [0.2, 0.25) is 0 Å². The molecule has 0 radical (unpaired) electrons. The van der Waals surface area contributed by atoms with Gasteiger partial charge >= 0.3 is 5.97 Å². The molecule has 2 aromatic carbocycles. The monoisotopic (exact) mass is 352 g/mol. The first-order chi connectivity index (χ1) is 12.3. The van der Waals surface area contributed by atoms with Crippen LogP contribution in [-0.4, -0.2) is 25.5 Å². The number of carbonyl (C=O) groups is 2. The van der Waals surface area contributed by atoms with Crippen LogP contribution in [0, 0.1) is 5.41 Å². The SMILES string of the molecule is COc1ccccc1C=C(C(=O)OCC(=O)C(C)(C)C)c1ccccc1. The number of ketones is 1. The van der Waals surface area contributed by atoms with Gasteiger partial charge in [-0.05, 0) is 17.7 Å². The Morgan fingerprint density at radius 1 is 0.962 bits per heavy atom. The average Bonchev–Trinajstić information content (AvgIpc) is 2.64. The third-order valence-electron chi connectivity index (χ3n) is 3.91. The van der Waals surface area contributed by atoms with Gasteiger partial charge in [0.25, 0.3) is 0 Å². The Labute approximate surface area is 154 Å². The van der Waals surface area contributed by atoms with Gasteiger partial charge < -0.3 is 9.47 Å². The summed E-state index contributed by atoms with van der Waals surface area (Å²) in [6, 6.07) is 16.6. The molecule has 136 valence electrons. The molecule has 0 spiro atoms. The number of carbonyl (C=O) groups excluding carboxylic acids is 2. The van der Waals surface area contributed by atoms with E-state index in [4.69, 9.17) is 9.47 Å². The fourth-order valence-electron chi connectivity index (χ4n) is 2.24. The molecule has 0 fully saturated rings. The van der Waals surface area contributed by atoms with Crippen LogP contribution in [0.5, 0.6) is 5.75 Å². The summed E-state index contributed by atoms with van der Waals surface area (Å²) in [5, 5.41) is 0. The number of hydrogen-bond donors (Lipinski definition) is 0. The summed E-state index contributed by atoms with van der Waals surface area (Å²) in [6.45, 7) is 5.14. The van der Waals surface area contributed by atoms with Crippen molar-refractivity contribution in [2.75, 3.05) is 13.7 Å². The lowest BCUT2D eigenvalue weighted by Crippen LogP contribution is -2.26. The maximum atomic E-state index is 12.7. The van der Waals surface area contributed by atoms with Gasteiger partial charge in [-0.1, -0.05) is 69.3 Å². The molecule has 2 aromatic rings. The second kappa shape index (κ2) is 8.48. The molecule has 4 heteroatoms. The maximum absolute atomic E-state index is 12.7. The second-order valence-corrected chi connectivity index (χ2v) is 6.92. The normalized spacial score (nSPS) is 11.8. The number of Topliss-reactive ketones (excluding diaryl/α,β-unsaturated/α-hetero) is 1. The van der Waals surface area contributed by atoms with E-state index in [1.165, 1.54) is 0 Å². The standard InChI is InChI=1S/C22H24O4/c1-22(2,3)20(23)15-26-21(24)18(16-10-6-5-7-11-16)14-17-12-8-9-13-19(17)25-4/h5-14H,15H2,1-4H3. The highest BCUT2D eigenvalue weighted by atomic mass is 16.5. The minimum absolute atomic E-state index is 0.129. The molecule has 0 aliphatic carbocycles. The van der Waals surface area contributed by atoms with Crippen molar-refractivity contribution in [1.82, 2.24) is 0 Å². The van der Waals surface area contributed by atoms with E-state index in [1.54, 1.807) is 34.0 Å². The number of esters is 1. The second-order valence-electron chi connectivity index (χ2n) is 6.92. The van der Waals surface area contributed by atoms with Gasteiger partial charge in [-0.15, -0.1) is 0 Å². The van der Waals surface area contributed by atoms with E-state index >= 15 is 0 Å². The summed E-state index contributed by atoms with van der Waals surface area (Å²) in [7, 11) is 1.58. The predicted molar refractivity (Wildman–Crippen MR) is 103 cm³/mol. The Morgan fingerprint density at radius 3 is 2.19 bits per heavy atom. The molecule has 26 heavy (non-hydrogen) atoms. The zero-order chi connectivity index (χ0) is 19.2. The topological polar surface area (TPSA) is 52.6 Å². The van der Waals surface area contributed by atoms with Crippen molar-refractivity contribution in [3.63, 3.8) is 0 Å². The van der Waals surface area contributed by atoms with E-state index in [9.17, 15) is 9.59 Å². The lowest BCUT2D eigenvalue weighted by Gasteiger charge is -2.17. The fraction of sp³-hybridized carbons (Fsp3) is 0.273. The Hall–Kier alpha value is -2.88. The summed E-state index contributed by atoms with van der Waals surface area (Å²) >= 11 is 0. The van der Waals surface area contributed by atoms with Crippen LogP contribution < -0.4 is 4.74 Å². The molecule has 0 atom stereocenters. The van der Waals surface area contributed by atoms with Crippen molar-refractivity contribution in [2.45, 2.75) is 20.8 Å². The molecular formula is C22H24O4. The van der Waals surface area contributed by atoms with E-state index in [1.807, 2.05) is 54.6 Å². The summed E-state index contributed by atoms with van der Waals surface area (Å²) in [6.07, 6.45) is 1.72. The third kappa shape index (κ3) is 5.06. The first-order valence-electron chi connectivity index (χ1n) is 8.43. The average molecular weight is 352 g/mol. The number of ether oxygens (including phenoxy) is 2. The highest BCUT2D eigenvalue weighted by Gasteiger charge is 2.23. The molecule has 0 aliphatic heterocycles. The van der Waals surface area contributed by atoms with Crippen molar-refractivity contribution < 1.29 is 19.1 Å². The molecule has 0 unspecified atom stereocenters. The van der Waals surface area contributed by atoms with E-state index in [-0.39, 0.29) is 12.4 Å². The van der Waals surface area contributed by atoms with Crippen LogP contribution >= 0.6 is 0 Å². The first-order valence-corrected chi connectivity index (χ1v) is 8.43. The lowest BCUT2D eigenvalue weighted by atomic mass is 9.91. The summed E-state index contributed by atoms with van der Waals surface area (Å²) in [5.41, 5.74) is 1.29. The van der Waals surface area contributed by atoms with Crippen molar-refractivity contribution in [1.29, 1.82) is 0 Å². The Balaban J connectivity index is 2.35. The lowest BCUT2D eigenvalue weighted by molar-refractivity contribution is -0.144. The van der Waals surface area contributed by atoms with Gasteiger partial charge in [0.05, 0.1) is 12.7 Å². The molecule has 0 aromatic heterocycles. The Morgan fingerprint density at radius 2 is 1.58 bits per heavy atom. The molecule has 2 rings (SSSR count). The van der Waals surface area contributed by atoms with Crippen LogP contribution in [0.4, 0.5) is 0 Å². The van der Waals surface area contributed by atoms with Gasteiger partial charge in [-0.2, -0.15) is 0 Å². The molecule has 0 amide bonds. The molecule has 4 nitrogen and oxygen atoms in total. The van der Waals surface area contributed by atoms with Gasteiger partial charge in [0.1, 0.15) is 5.75 Å². The molecular weight excluding hydrogens is 328 g/mol.